The Morgan fingerprint density at radius 1 is 1.08 bits per heavy atom. The fourth-order valence-electron chi connectivity index (χ4n) is 2.89. The molecule has 134 valence electrons. The van der Waals surface area contributed by atoms with E-state index < -0.39 is 18.2 Å². The van der Waals surface area contributed by atoms with Crippen LogP contribution >= 0.6 is 34.5 Å². The van der Waals surface area contributed by atoms with Crippen molar-refractivity contribution in [3.05, 3.63) is 63.1 Å². The standard InChI is InChI=1S/C17H9Cl2F3N2OS/c18-10-4-9(5-11(19)7-10)15-13(17(20,21)22)14(24-25-15)12-6-8-2-1-3-23-16(8)26-12/h1-7,13,15H. The second-order valence-electron chi connectivity index (χ2n) is 5.73. The minimum absolute atomic E-state index is 0.165. The second-order valence-corrected chi connectivity index (χ2v) is 7.64. The quantitative estimate of drug-likeness (QED) is 0.494. The molecule has 4 rings (SSSR count). The normalized spacial score (nSPS) is 20.3. The summed E-state index contributed by atoms with van der Waals surface area (Å²) in [6.45, 7) is 0. The molecule has 1 aromatic carbocycles. The van der Waals surface area contributed by atoms with Gasteiger partial charge in [-0.05, 0) is 35.9 Å². The van der Waals surface area contributed by atoms with Gasteiger partial charge in [-0.25, -0.2) is 4.98 Å². The highest BCUT2D eigenvalue weighted by atomic mass is 35.5. The lowest BCUT2D eigenvalue weighted by molar-refractivity contribution is -0.177. The summed E-state index contributed by atoms with van der Waals surface area (Å²) in [4.78, 5) is 10.4. The lowest BCUT2D eigenvalue weighted by Crippen LogP contribution is -2.33. The highest BCUT2D eigenvalue weighted by molar-refractivity contribution is 7.20. The molecular formula is C17H9Cl2F3N2OS. The maximum atomic E-state index is 13.9. The molecule has 0 saturated heterocycles. The number of hydrogen-bond acceptors (Lipinski definition) is 4. The van der Waals surface area contributed by atoms with Gasteiger partial charge in [-0.3, -0.25) is 0 Å². The third kappa shape index (κ3) is 3.15. The van der Waals surface area contributed by atoms with Crippen molar-refractivity contribution in [3.63, 3.8) is 0 Å². The lowest BCUT2D eigenvalue weighted by Gasteiger charge is -2.21. The maximum absolute atomic E-state index is 13.9. The molecule has 0 amide bonds. The number of hydrogen-bond donors (Lipinski definition) is 0. The molecule has 2 atom stereocenters. The Bertz CT molecular complexity index is 965. The van der Waals surface area contributed by atoms with Crippen LogP contribution < -0.4 is 0 Å². The number of oxime groups is 1. The average molecular weight is 417 g/mol. The molecule has 0 saturated carbocycles. The number of thiophene rings is 1. The van der Waals surface area contributed by atoms with Gasteiger partial charge in [0.1, 0.15) is 16.5 Å². The van der Waals surface area contributed by atoms with E-state index in [0.29, 0.717) is 9.71 Å². The third-order valence-corrected chi connectivity index (χ3v) is 5.49. The molecule has 1 aliphatic heterocycles. The van der Waals surface area contributed by atoms with Gasteiger partial charge in [0.25, 0.3) is 0 Å². The summed E-state index contributed by atoms with van der Waals surface area (Å²) in [5, 5.41) is 4.98. The molecule has 0 aliphatic carbocycles. The van der Waals surface area contributed by atoms with Crippen LogP contribution in [0.5, 0.6) is 0 Å². The van der Waals surface area contributed by atoms with E-state index in [2.05, 4.69) is 10.1 Å². The first-order valence-electron chi connectivity index (χ1n) is 7.44. The summed E-state index contributed by atoms with van der Waals surface area (Å²) in [7, 11) is 0. The van der Waals surface area contributed by atoms with E-state index in [4.69, 9.17) is 28.0 Å². The maximum Gasteiger partial charge on any atom is 0.401 e. The monoisotopic (exact) mass is 416 g/mol. The van der Waals surface area contributed by atoms with Crippen molar-refractivity contribution in [1.82, 2.24) is 4.98 Å². The number of rotatable bonds is 2. The zero-order chi connectivity index (χ0) is 18.5. The predicted octanol–water partition coefficient (Wildman–Crippen LogP) is 6.26. The van der Waals surface area contributed by atoms with E-state index in [1.165, 1.54) is 18.2 Å². The molecule has 0 radical (unpaired) electrons. The number of benzene rings is 1. The molecule has 2 aromatic heterocycles. The Kier molecular flexibility index (Phi) is 4.33. The van der Waals surface area contributed by atoms with E-state index in [1.807, 2.05) is 0 Å². The number of pyridine rings is 1. The van der Waals surface area contributed by atoms with Gasteiger partial charge in [0.2, 0.25) is 0 Å². The van der Waals surface area contributed by atoms with E-state index >= 15 is 0 Å². The number of fused-ring (bicyclic) bond motifs is 1. The highest BCUT2D eigenvalue weighted by Crippen LogP contribution is 2.46. The van der Waals surface area contributed by atoms with E-state index in [9.17, 15) is 13.2 Å². The fraction of sp³-hybridized carbons (Fsp3) is 0.176. The summed E-state index contributed by atoms with van der Waals surface area (Å²) >= 11 is 13.0. The van der Waals surface area contributed by atoms with Crippen LogP contribution in [0.1, 0.15) is 16.5 Å². The van der Waals surface area contributed by atoms with E-state index in [0.717, 1.165) is 16.7 Å². The van der Waals surface area contributed by atoms with Crippen LogP contribution in [0.25, 0.3) is 10.2 Å². The molecule has 0 spiro atoms. The minimum Gasteiger partial charge on any atom is -0.386 e. The van der Waals surface area contributed by atoms with Crippen LogP contribution in [0.3, 0.4) is 0 Å². The number of nitrogens with zero attached hydrogens (tertiary/aromatic N) is 2. The topological polar surface area (TPSA) is 34.5 Å². The Balaban J connectivity index is 1.78. The van der Waals surface area contributed by atoms with Gasteiger partial charge >= 0.3 is 6.18 Å². The second kappa shape index (κ2) is 6.40. The molecule has 0 bridgehead atoms. The van der Waals surface area contributed by atoms with E-state index in [-0.39, 0.29) is 21.3 Å². The largest absolute Gasteiger partial charge is 0.401 e. The molecule has 3 aromatic rings. The minimum atomic E-state index is -4.56. The SMILES string of the molecule is FC(F)(F)C1C(c2cc3cccnc3s2)=NOC1c1cc(Cl)cc(Cl)c1. The van der Waals surface area contributed by atoms with Crippen molar-refractivity contribution in [1.29, 1.82) is 0 Å². The van der Waals surface area contributed by atoms with Crippen molar-refractivity contribution >= 4 is 50.5 Å². The predicted molar refractivity (Wildman–Crippen MR) is 96.0 cm³/mol. The Morgan fingerprint density at radius 2 is 1.81 bits per heavy atom. The van der Waals surface area contributed by atoms with Gasteiger partial charge in [-0.15, -0.1) is 11.3 Å². The lowest BCUT2D eigenvalue weighted by atomic mass is 9.90. The third-order valence-electron chi connectivity index (χ3n) is 3.97. The average Bonchev–Trinajstić information content (AvgIpc) is 3.17. The number of aromatic nitrogens is 1. The first kappa shape index (κ1) is 17.6. The van der Waals surface area contributed by atoms with Crippen molar-refractivity contribution in [2.75, 3.05) is 0 Å². The van der Waals surface area contributed by atoms with E-state index in [1.54, 1.807) is 24.4 Å². The summed E-state index contributed by atoms with van der Waals surface area (Å²) in [6.07, 6.45) is -4.31. The summed E-state index contributed by atoms with van der Waals surface area (Å²) in [5.41, 5.74) is 0.0596. The van der Waals surface area contributed by atoms with Gasteiger partial charge in [0.15, 0.2) is 6.10 Å². The summed E-state index contributed by atoms with van der Waals surface area (Å²) in [5.74, 6) is -1.93. The van der Waals surface area contributed by atoms with Crippen LogP contribution in [-0.2, 0) is 4.84 Å². The Morgan fingerprint density at radius 3 is 2.46 bits per heavy atom. The van der Waals surface area contributed by atoms with Crippen LogP contribution in [0.4, 0.5) is 13.2 Å². The van der Waals surface area contributed by atoms with Crippen LogP contribution in [-0.4, -0.2) is 16.9 Å². The molecule has 2 unspecified atom stereocenters. The molecule has 0 N–H and O–H groups in total. The van der Waals surface area contributed by atoms with Gasteiger partial charge in [-0.1, -0.05) is 34.4 Å². The van der Waals surface area contributed by atoms with Crippen LogP contribution in [0, 0.1) is 5.92 Å². The van der Waals surface area contributed by atoms with Crippen molar-refractivity contribution in [2.45, 2.75) is 12.3 Å². The zero-order valence-electron chi connectivity index (χ0n) is 12.8. The van der Waals surface area contributed by atoms with Gasteiger partial charge in [-0.2, -0.15) is 13.2 Å². The van der Waals surface area contributed by atoms with Crippen molar-refractivity contribution in [2.24, 2.45) is 11.1 Å². The zero-order valence-corrected chi connectivity index (χ0v) is 15.1. The summed E-state index contributed by atoms with van der Waals surface area (Å²) in [6, 6.07) is 9.41. The number of alkyl halides is 3. The molecule has 3 heterocycles. The smallest absolute Gasteiger partial charge is 0.386 e. The molecule has 9 heteroatoms. The molecular weight excluding hydrogens is 408 g/mol. The van der Waals surface area contributed by atoms with Crippen LogP contribution in [0.2, 0.25) is 10.0 Å². The number of halogens is 5. The van der Waals surface area contributed by atoms with Crippen molar-refractivity contribution < 1.29 is 18.0 Å². The molecule has 3 nitrogen and oxygen atoms in total. The van der Waals surface area contributed by atoms with Crippen molar-refractivity contribution in [3.8, 4) is 0 Å². The molecule has 26 heavy (non-hydrogen) atoms. The first-order valence-corrected chi connectivity index (χ1v) is 9.01. The van der Waals surface area contributed by atoms with Gasteiger partial charge in [0, 0.05) is 21.6 Å². The summed E-state index contributed by atoms with van der Waals surface area (Å²) < 4.78 is 41.6. The van der Waals surface area contributed by atoms with Gasteiger partial charge in [0.05, 0.1) is 4.88 Å². The molecule has 1 aliphatic rings. The Hall–Kier alpha value is -1.83. The van der Waals surface area contributed by atoms with Crippen LogP contribution in [0.15, 0.2) is 47.8 Å². The highest BCUT2D eigenvalue weighted by Gasteiger charge is 2.54. The first-order chi connectivity index (χ1) is 12.3. The molecule has 0 fully saturated rings. The Labute approximate surface area is 160 Å². The fourth-order valence-corrected chi connectivity index (χ4v) is 4.46. The van der Waals surface area contributed by atoms with Gasteiger partial charge < -0.3 is 4.84 Å².